The summed E-state index contributed by atoms with van der Waals surface area (Å²) in [5.74, 6) is -0.209. The van der Waals surface area contributed by atoms with Gasteiger partial charge in [0.15, 0.2) is 5.78 Å². The Morgan fingerprint density at radius 3 is 2.48 bits per heavy atom. The minimum absolute atomic E-state index is 0.0169. The average molecular weight is 768 g/mol. The van der Waals surface area contributed by atoms with E-state index in [4.69, 9.17) is 19.3 Å². The minimum Gasteiger partial charge on any atom is -0.460 e. The molecule has 4 aliphatic carbocycles. The largest absolute Gasteiger partial charge is 0.460 e. The van der Waals surface area contributed by atoms with E-state index in [2.05, 4.69) is 77.8 Å². The number of ether oxygens (including phenoxy) is 3. The maximum absolute atomic E-state index is 14.9. The molecule has 0 bridgehead atoms. The number of nitrogens with zero attached hydrogens (tertiary/aromatic N) is 1. The summed E-state index contributed by atoms with van der Waals surface area (Å²) in [5.41, 5.74) is 5.93. The number of allylic oxidation sites excluding steroid dienone is 3. The first-order chi connectivity index (χ1) is 26.2. The highest BCUT2D eigenvalue weighted by molar-refractivity contribution is 6.18. The predicted molar refractivity (Wildman–Crippen MR) is 216 cm³/mol. The number of ketones is 1. The third-order valence-corrected chi connectivity index (χ3v) is 15.4. The van der Waals surface area contributed by atoms with Gasteiger partial charge in [-0.1, -0.05) is 51.2 Å². The van der Waals surface area contributed by atoms with Crippen LogP contribution in [0.2, 0.25) is 0 Å². The smallest absolute Gasteiger partial charge is 0.333 e. The van der Waals surface area contributed by atoms with Crippen molar-refractivity contribution in [3.8, 4) is 0 Å². The zero-order valence-electron chi connectivity index (χ0n) is 34.8. The second-order valence-corrected chi connectivity index (χ2v) is 19.5. The molecule has 0 spiro atoms. The van der Waals surface area contributed by atoms with Crippen molar-refractivity contribution >= 4 is 28.2 Å². The summed E-state index contributed by atoms with van der Waals surface area (Å²) in [7, 11) is 0. The molecule has 2 aliphatic heterocycles. The molecule has 0 saturated heterocycles. The van der Waals surface area contributed by atoms with Gasteiger partial charge in [-0.15, -0.1) is 0 Å². The quantitative estimate of drug-likeness (QED) is 0.0781. The van der Waals surface area contributed by atoms with Gasteiger partial charge >= 0.3 is 5.97 Å². The molecule has 0 radical (unpaired) electrons. The van der Waals surface area contributed by atoms with Crippen LogP contribution in [-0.2, 0) is 30.8 Å². The lowest BCUT2D eigenvalue weighted by atomic mass is 9.40. The van der Waals surface area contributed by atoms with Crippen LogP contribution in [0.5, 0.6) is 0 Å². The molecule has 8 rings (SSSR count). The molecule has 2 aromatic rings. The van der Waals surface area contributed by atoms with Crippen LogP contribution >= 0.6 is 0 Å². The van der Waals surface area contributed by atoms with Crippen molar-refractivity contribution in [2.75, 3.05) is 26.4 Å². The highest BCUT2D eigenvalue weighted by Gasteiger charge is 2.67. The summed E-state index contributed by atoms with van der Waals surface area (Å²) in [6.07, 6.45) is 10.9. The van der Waals surface area contributed by atoms with E-state index in [9.17, 15) is 19.8 Å². The zero-order valence-corrected chi connectivity index (χ0v) is 34.8. The fourth-order valence-electron chi connectivity index (χ4n) is 13.0. The van der Waals surface area contributed by atoms with E-state index in [1.165, 1.54) is 11.3 Å². The summed E-state index contributed by atoms with van der Waals surface area (Å²) in [6.45, 7) is 23.8. The van der Waals surface area contributed by atoms with E-state index >= 15 is 0 Å². The number of esters is 1. The van der Waals surface area contributed by atoms with Gasteiger partial charge in [0, 0.05) is 39.0 Å². The molecule has 302 valence electrons. The number of rotatable bonds is 9. The minimum atomic E-state index is -0.870. The first kappa shape index (κ1) is 39.5. The fourth-order valence-corrected chi connectivity index (χ4v) is 13.0. The van der Waals surface area contributed by atoms with E-state index in [1.54, 1.807) is 13.0 Å². The maximum atomic E-state index is 14.9. The zero-order chi connectivity index (χ0) is 40.5. The van der Waals surface area contributed by atoms with E-state index in [1.807, 2.05) is 13.0 Å². The number of benzene rings is 1. The number of carbonyl (C=O) groups is 2. The Kier molecular flexibility index (Phi) is 9.23. The van der Waals surface area contributed by atoms with Crippen LogP contribution < -0.4 is 0 Å². The maximum Gasteiger partial charge on any atom is 0.333 e. The normalized spacial score (nSPS) is 36.2. The lowest BCUT2D eigenvalue weighted by Crippen LogP contribution is -2.62. The van der Waals surface area contributed by atoms with Gasteiger partial charge in [0.25, 0.3) is 0 Å². The molecule has 0 amide bonds. The molecule has 9 atom stereocenters. The van der Waals surface area contributed by atoms with E-state index in [0.29, 0.717) is 23.5 Å². The molecular weight excluding hydrogens is 707 g/mol. The lowest BCUT2D eigenvalue weighted by Gasteiger charge is -2.64. The number of fused-ring (bicyclic) bond motifs is 11. The molecule has 2 fully saturated rings. The molecule has 1 aromatic carbocycles. The average Bonchev–Trinajstić information content (AvgIpc) is 3.78. The Hall–Kier alpha value is -3.34. The van der Waals surface area contributed by atoms with Gasteiger partial charge < -0.3 is 34.1 Å². The first-order valence-corrected chi connectivity index (χ1v) is 20.7. The molecule has 2 saturated carbocycles. The highest BCUT2D eigenvalue weighted by atomic mass is 16.6. The van der Waals surface area contributed by atoms with Crippen LogP contribution in [0.15, 0.2) is 48.1 Å². The number of carbonyl (C=O) groups excluding carboxylic acids is 2. The van der Waals surface area contributed by atoms with Crippen molar-refractivity contribution in [1.29, 1.82) is 0 Å². The predicted octanol–water partition coefficient (Wildman–Crippen LogP) is 7.65. The number of hydrogen-bond acceptors (Lipinski definition) is 8. The van der Waals surface area contributed by atoms with Crippen molar-refractivity contribution in [2.24, 2.45) is 28.6 Å². The van der Waals surface area contributed by atoms with Crippen molar-refractivity contribution in [3.63, 3.8) is 0 Å². The van der Waals surface area contributed by atoms with Crippen LogP contribution in [0.3, 0.4) is 0 Å². The number of aromatic nitrogens is 1. The number of hydrogen-bond donors (Lipinski definition) is 3. The summed E-state index contributed by atoms with van der Waals surface area (Å²) < 4.78 is 19.4. The van der Waals surface area contributed by atoms with Gasteiger partial charge in [-0.3, -0.25) is 4.79 Å². The molecule has 1 aromatic heterocycles. The number of aliphatic hydroxyl groups is 3. The van der Waals surface area contributed by atoms with Crippen LogP contribution in [0.1, 0.15) is 133 Å². The van der Waals surface area contributed by atoms with E-state index in [0.717, 1.165) is 58.9 Å². The lowest BCUT2D eigenvalue weighted by molar-refractivity contribution is -0.144. The SMILES string of the molecule is C=C(C)[C@H]1C(=O)c2c3c(cc4c5c(n1c24)[C@@]1(C)C(CC[C@H]2[C@](C)(/C=C/C=C(\C)C(=O)OCCOCCO)[C@@H](O)CC[C@@]21C)C5)C1=CC(C)(C)OC(C)(C)C1[C@@H]3O. The molecule has 3 N–H and O–H groups in total. The van der Waals surface area contributed by atoms with Crippen molar-refractivity contribution in [1.82, 2.24) is 4.57 Å². The van der Waals surface area contributed by atoms with Gasteiger partial charge in [-0.2, -0.15) is 0 Å². The molecule has 56 heavy (non-hydrogen) atoms. The van der Waals surface area contributed by atoms with E-state index < -0.39 is 40.8 Å². The topological polar surface area (TPSA) is 127 Å². The Balaban J connectivity index is 1.23. The third-order valence-electron chi connectivity index (χ3n) is 15.4. The molecule has 3 heterocycles. The summed E-state index contributed by atoms with van der Waals surface area (Å²) >= 11 is 0. The van der Waals surface area contributed by atoms with Gasteiger partial charge in [0.1, 0.15) is 12.6 Å². The van der Waals surface area contributed by atoms with Crippen LogP contribution in [-0.4, -0.2) is 75.4 Å². The summed E-state index contributed by atoms with van der Waals surface area (Å²) in [4.78, 5) is 27.6. The number of aliphatic hydroxyl groups excluding tert-OH is 3. The number of Topliss-reactive ketones (excluding diaryl/α,β-unsaturated/α-hetero) is 1. The van der Waals surface area contributed by atoms with Gasteiger partial charge in [0.05, 0.1) is 54.3 Å². The standard InChI is InChI=1S/C47H61NO8/c1-25(2)37-40(52)35-34-28(31-24-43(4,5)56-44(6,7)36(31)39(34)51)23-29-30-22-27-13-14-32-45(8,16-11-12-26(3)42(53)55-21-20-54-19-18-49)33(50)15-17-46(32,9)47(27,10)41(30)48(37)38(29)35/h11-12,16,23-24,27,32-33,36-37,39,49-51H,1,13-15,17-22H2,2-10H3/b16-11+,26-12+/t27?,32-,33-,36?,37-,39+,45-,46-,47+/m0/s1. The molecular formula is C47H61NO8. The van der Waals surface area contributed by atoms with Crippen molar-refractivity contribution < 1.29 is 39.1 Å². The summed E-state index contributed by atoms with van der Waals surface area (Å²) in [6, 6.07) is 1.74. The molecule has 9 nitrogen and oxygen atoms in total. The highest BCUT2D eigenvalue weighted by Crippen LogP contribution is 2.71. The summed E-state index contributed by atoms with van der Waals surface area (Å²) in [5, 5.41) is 34.1. The third kappa shape index (κ3) is 5.29. The van der Waals surface area contributed by atoms with E-state index in [-0.39, 0.29) is 54.9 Å². The first-order valence-electron chi connectivity index (χ1n) is 20.7. The van der Waals surface area contributed by atoms with Crippen LogP contribution in [0.25, 0.3) is 16.5 Å². The Labute approximate surface area is 331 Å². The van der Waals surface area contributed by atoms with Crippen molar-refractivity contribution in [2.45, 2.75) is 129 Å². The molecule has 6 aliphatic rings. The fraction of sp³-hybridized carbons (Fsp3) is 0.617. The second-order valence-electron chi connectivity index (χ2n) is 19.5. The van der Waals surface area contributed by atoms with Gasteiger partial charge in [-0.25, -0.2) is 4.79 Å². The van der Waals surface area contributed by atoms with Crippen molar-refractivity contribution in [3.05, 3.63) is 76.0 Å². The van der Waals surface area contributed by atoms with Crippen LogP contribution in [0, 0.1) is 28.6 Å². The van der Waals surface area contributed by atoms with Crippen LogP contribution in [0.4, 0.5) is 0 Å². The van der Waals surface area contributed by atoms with Gasteiger partial charge in [0.2, 0.25) is 0 Å². The molecule has 9 heteroatoms. The monoisotopic (exact) mass is 767 g/mol. The second kappa shape index (κ2) is 13.1. The molecule has 2 unspecified atom stereocenters. The Bertz CT molecular complexity index is 2130. The van der Waals surface area contributed by atoms with Gasteiger partial charge in [-0.05, 0) is 120 Å². The Morgan fingerprint density at radius 1 is 1.05 bits per heavy atom. The Morgan fingerprint density at radius 2 is 1.79 bits per heavy atom.